The molecule has 1 aromatic rings. The summed E-state index contributed by atoms with van der Waals surface area (Å²) in [6.07, 6.45) is 1.97. The van der Waals surface area contributed by atoms with Crippen molar-refractivity contribution in [2.45, 2.75) is 31.6 Å². The summed E-state index contributed by atoms with van der Waals surface area (Å²) in [6, 6.07) is 3.59. The Kier molecular flexibility index (Phi) is 4.99. The van der Waals surface area contributed by atoms with Crippen LogP contribution in [0.4, 0.5) is 0 Å². The zero-order chi connectivity index (χ0) is 11.3. The van der Waals surface area contributed by atoms with Gasteiger partial charge in [-0.1, -0.05) is 19.4 Å². The molecule has 0 N–H and O–H groups in total. The van der Waals surface area contributed by atoms with Crippen molar-refractivity contribution in [3.8, 4) is 0 Å². The van der Waals surface area contributed by atoms with Crippen LogP contribution in [-0.4, -0.2) is 11.6 Å². The number of ketones is 2. The van der Waals surface area contributed by atoms with E-state index in [2.05, 4.69) is 0 Å². The third-order valence-corrected chi connectivity index (χ3v) is 3.56. The van der Waals surface area contributed by atoms with Crippen molar-refractivity contribution in [1.29, 1.82) is 0 Å². The molecule has 1 aromatic heterocycles. The first-order chi connectivity index (χ1) is 7.16. The molecule has 0 spiro atoms. The average molecular weight is 245 g/mol. The van der Waals surface area contributed by atoms with E-state index in [4.69, 9.17) is 11.6 Å². The van der Waals surface area contributed by atoms with Gasteiger partial charge in [0.1, 0.15) is 5.38 Å². The molecular formula is C11H13ClO2S. The zero-order valence-corrected chi connectivity index (χ0v) is 10.1. The molecule has 0 bridgehead atoms. The second-order valence-electron chi connectivity index (χ2n) is 3.27. The smallest absolute Gasteiger partial charge is 0.221 e. The Morgan fingerprint density at radius 3 is 2.80 bits per heavy atom. The quantitative estimate of drug-likeness (QED) is 0.568. The van der Waals surface area contributed by atoms with Crippen LogP contribution in [0.1, 0.15) is 36.4 Å². The van der Waals surface area contributed by atoms with Gasteiger partial charge >= 0.3 is 0 Å². The summed E-state index contributed by atoms with van der Waals surface area (Å²) in [6.45, 7) is 1.98. The molecule has 0 aliphatic carbocycles. The number of alkyl halides is 1. The largest absolute Gasteiger partial charge is 0.291 e. The standard InChI is InChI=1S/C11H13ClO2S/c1-2-3-5-8(13)11(14)10(12)9-6-4-7-15-9/h4,6-7,10H,2-3,5H2,1H3. The van der Waals surface area contributed by atoms with Crippen molar-refractivity contribution in [3.63, 3.8) is 0 Å². The van der Waals surface area contributed by atoms with Crippen LogP contribution in [0.25, 0.3) is 0 Å². The Balaban J connectivity index is 2.57. The van der Waals surface area contributed by atoms with E-state index in [9.17, 15) is 9.59 Å². The summed E-state index contributed by atoms with van der Waals surface area (Å²) in [5, 5.41) is 1.04. The molecule has 1 rings (SSSR count). The summed E-state index contributed by atoms with van der Waals surface area (Å²) in [4.78, 5) is 23.7. The third kappa shape index (κ3) is 3.43. The molecule has 0 radical (unpaired) electrons. The summed E-state index contributed by atoms with van der Waals surface area (Å²) < 4.78 is 0. The van der Waals surface area contributed by atoms with Gasteiger partial charge in [0, 0.05) is 11.3 Å². The molecule has 82 valence electrons. The number of Topliss-reactive ketones (excluding diaryl/α,β-unsaturated/α-hetero) is 2. The average Bonchev–Trinajstić information content (AvgIpc) is 2.77. The number of thiophene rings is 1. The maximum Gasteiger partial charge on any atom is 0.221 e. The van der Waals surface area contributed by atoms with Crippen molar-refractivity contribution >= 4 is 34.5 Å². The van der Waals surface area contributed by atoms with Gasteiger partial charge in [-0.2, -0.15) is 0 Å². The van der Waals surface area contributed by atoms with Crippen LogP contribution in [0.3, 0.4) is 0 Å². The predicted octanol–water partition coefficient (Wildman–Crippen LogP) is 3.36. The van der Waals surface area contributed by atoms with Gasteiger partial charge in [-0.3, -0.25) is 9.59 Å². The SMILES string of the molecule is CCCCC(=O)C(=O)C(Cl)c1cccs1. The number of hydrogen-bond acceptors (Lipinski definition) is 3. The molecule has 0 saturated heterocycles. The van der Waals surface area contributed by atoms with Gasteiger partial charge in [0.25, 0.3) is 0 Å². The lowest BCUT2D eigenvalue weighted by Gasteiger charge is -2.04. The molecule has 0 amide bonds. The molecule has 0 aliphatic rings. The maximum absolute atomic E-state index is 11.6. The summed E-state index contributed by atoms with van der Waals surface area (Å²) in [7, 11) is 0. The van der Waals surface area contributed by atoms with E-state index in [1.165, 1.54) is 11.3 Å². The highest BCUT2D eigenvalue weighted by molar-refractivity contribution is 7.10. The Labute approximate surface area is 98.3 Å². The van der Waals surface area contributed by atoms with E-state index in [1.807, 2.05) is 18.4 Å². The van der Waals surface area contributed by atoms with Crippen molar-refractivity contribution < 1.29 is 9.59 Å². The highest BCUT2D eigenvalue weighted by atomic mass is 35.5. The molecule has 1 heterocycles. The van der Waals surface area contributed by atoms with Gasteiger partial charge in [0.15, 0.2) is 5.78 Å². The molecule has 0 fully saturated rings. The van der Waals surface area contributed by atoms with Crippen molar-refractivity contribution in [2.75, 3.05) is 0 Å². The fraction of sp³-hybridized carbons (Fsp3) is 0.455. The normalized spacial score (nSPS) is 12.4. The maximum atomic E-state index is 11.6. The van der Waals surface area contributed by atoms with E-state index in [1.54, 1.807) is 6.07 Å². The first-order valence-corrected chi connectivity index (χ1v) is 6.23. The Bertz CT molecular complexity index is 332. The third-order valence-electron chi connectivity index (χ3n) is 2.06. The number of carbonyl (C=O) groups is 2. The van der Waals surface area contributed by atoms with Gasteiger partial charge in [-0.05, 0) is 17.9 Å². The molecule has 0 aliphatic heterocycles. The Morgan fingerprint density at radius 2 is 2.27 bits per heavy atom. The predicted molar refractivity (Wildman–Crippen MR) is 62.5 cm³/mol. The molecule has 1 atom stereocenters. The lowest BCUT2D eigenvalue weighted by atomic mass is 10.1. The molecule has 0 aromatic carbocycles. The molecule has 15 heavy (non-hydrogen) atoms. The van der Waals surface area contributed by atoms with Crippen molar-refractivity contribution in [1.82, 2.24) is 0 Å². The lowest BCUT2D eigenvalue weighted by Crippen LogP contribution is -2.18. The minimum atomic E-state index is -0.797. The highest BCUT2D eigenvalue weighted by Crippen LogP contribution is 2.26. The summed E-state index contributed by atoms with van der Waals surface area (Å²) in [5.41, 5.74) is 0. The first-order valence-electron chi connectivity index (χ1n) is 4.91. The highest BCUT2D eigenvalue weighted by Gasteiger charge is 2.24. The fourth-order valence-electron chi connectivity index (χ4n) is 1.17. The zero-order valence-electron chi connectivity index (χ0n) is 8.53. The summed E-state index contributed by atoms with van der Waals surface area (Å²) in [5.74, 6) is -0.835. The minimum Gasteiger partial charge on any atom is -0.291 e. The van der Waals surface area contributed by atoms with Crippen molar-refractivity contribution in [2.24, 2.45) is 0 Å². The monoisotopic (exact) mass is 244 g/mol. The first kappa shape index (κ1) is 12.4. The van der Waals surface area contributed by atoms with Crippen LogP contribution < -0.4 is 0 Å². The number of hydrogen-bond donors (Lipinski definition) is 0. The van der Waals surface area contributed by atoms with E-state index < -0.39 is 11.2 Å². The van der Waals surface area contributed by atoms with Crippen LogP contribution in [0.5, 0.6) is 0 Å². The van der Waals surface area contributed by atoms with E-state index >= 15 is 0 Å². The second kappa shape index (κ2) is 6.03. The number of rotatable bonds is 6. The second-order valence-corrected chi connectivity index (χ2v) is 4.68. The Morgan fingerprint density at radius 1 is 1.53 bits per heavy atom. The van der Waals surface area contributed by atoms with Gasteiger partial charge in [0.05, 0.1) is 0 Å². The number of unbranched alkanes of at least 4 members (excludes halogenated alkanes) is 1. The van der Waals surface area contributed by atoms with E-state index in [0.29, 0.717) is 6.42 Å². The lowest BCUT2D eigenvalue weighted by molar-refractivity contribution is -0.136. The molecule has 2 nitrogen and oxygen atoms in total. The van der Waals surface area contributed by atoms with Crippen LogP contribution in [-0.2, 0) is 9.59 Å². The van der Waals surface area contributed by atoms with Crippen LogP contribution in [0.2, 0.25) is 0 Å². The van der Waals surface area contributed by atoms with E-state index in [0.717, 1.165) is 17.7 Å². The van der Waals surface area contributed by atoms with E-state index in [-0.39, 0.29) is 5.78 Å². The Hall–Kier alpha value is -0.670. The van der Waals surface area contributed by atoms with Gasteiger partial charge in [-0.15, -0.1) is 22.9 Å². The van der Waals surface area contributed by atoms with Crippen LogP contribution >= 0.6 is 22.9 Å². The van der Waals surface area contributed by atoms with Gasteiger partial charge in [0.2, 0.25) is 5.78 Å². The van der Waals surface area contributed by atoms with Gasteiger partial charge < -0.3 is 0 Å². The molecule has 1 unspecified atom stereocenters. The topological polar surface area (TPSA) is 34.1 Å². The summed E-state index contributed by atoms with van der Waals surface area (Å²) >= 11 is 7.31. The number of halogens is 1. The van der Waals surface area contributed by atoms with Gasteiger partial charge in [-0.25, -0.2) is 0 Å². The fourth-order valence-corrected chi connectivity index (χ4v) is 2.21. The number of carbonyl (C=O) groups excluding carboxylic acids is 2. The van der Waals surface area contributed by atoms with Crippen molar-refractivity contribution in [3.05, 3.63) is 22.4 Å². The molecule has 4 heteroatoms. The van der Waals surface area contributed by atoms with Crippen LogP contribution in [0, 0.1) is 0 Å². The molecular weight excluding hydrogens is 232 g/mol. The molecule has 0 saturated carbocycles. The minimum absolute atomic E-state index is 0.309. The van der Waals surface area contributed by atoms with Crippen LogP contribution in [0.15, 0.2) is 17.5 Å².